The number of nitrogens with zero attached hydrogens (tertiary/aromatic N) is 1. The van der Waals surface area contributed by atoms with E-state index in [-0.39, 0.29) is 70.8 Å². The number of hydrogen-bond donors (Lipinski definition) is 0. The average Bonchev–Trinajstić information content (AvgIpc) is 3.00. The van der Waals surface area contributed by atoms with E-state index in [0.717, 1.165) is 22.1 Å². The van der Waals surface area contributed by atoms with Crippen LogP contribution in [0, 0.1) is 53.8 Å². The number of carbonyl (C=O) groups excluding carboxylic acids is 2. The van der Waals surface area contributed by atoms with E-state index in [2.05, 4.69) is 23.8 Å². The van der Waals surface area contributed by atoms with Crippen molar-refractivity contribution in [2.45, 2.75) is 49.2 Å². The molecule has 2 aliphatic heterocycles. The van der Waals surface area contributed by atoms with Gasteiger partial charge in [-0.05, 0) is 44.5 Å². The van der Waals surface area contributed by atoms with Crippen LogP contribution in [0.1, 0.15) is 26.3 Å². The molecule has 2 atom stereocenters. The Morgan fingerprint density at radius 3 is 2.55 bits per heavy atom. The normalized spacial score (nSPS) is 18.8. The number of rotatable bonds is 4. The molecule has 31 heavy (non-hydrogen) atoms. The molecule has 2 aromatic rings. The van der Waals surface area contributed by atoms with Gasteiger partial charge in [-0.1, -0.05) is 36.8 Å². The van der Waals surface area contributed by atoms with Crippen molar-refractivity contribution in [3.63, 3.8) is 0 Å². The molecule has 2 unspecified atom stereocenters. The van der Waals surface area contributed by atoms with Gasteiger partial charge in [-0.25, -0.2) is 4.79 Å². The molecule has 0 N–H and O–H groups in total. The van der Waals surface area contributed by atoms with Crippen LogP contribution in [0.5, 0.6) is 5.75 Å². The molecule has 0 bridgehead atoms. The van der Waals surface area contributed by atoms with Crippen molar-refractivity contribution in [3.8, 4) is 5.75 Å². The third kappa shape index (κ3) is 7.17. The summed E-state index contributed by atoms with van der Waals surface area (Å²) in [6.45, 7) is 11.0. The first-order valence-corrected chi connectivity index (χ1v) is 10.6. The van der Waals surface area contributed by atoms with Crippen molar-refractivity contribution in [1.82, 2.24) is 0 Å². The summed E-state index contributed by atoms with van der Waals surface area (Å²) >= 11 is 1.75. The number of carbonyl (C=O) groups is 1. The Hall–Kier alpha value is -1.15. The minimum absolute atomic E-state index is 0. The topological polar surface area (TPSA) is 65.1 Å². The first-order valence-electron chi connectivity index (χ1n) is 9.60. The molecule has 4 rings (SSSR count). The van der Waals surface area contributed by atoms with Gasteiger partial charge in [-0.3, -0.25) is 4.90 Å². The Bertz CT molecular complexity index is 887. The maximum Gasteiger partial charge on any atom is 2.00 e. The summed E-state index contributed by atoms with van der Waals surface area (Å²) in [6, 6.07) is 16.1. The summed E-state index contributed by atoms with van der Waals surface area (Å²) in [7, 11) is 0. The first kappa shape index (κ1) is 26.1. The van der Waals surface area contributed by atoms with Gasteiger partial charge in [0.15, 0.2) is 0 Å². The van der Waals surface area contributed by atoms with Crippen LogP contribution in [0.4, 0.5) is 10.5 Å². The zero-order valence-corrected chi connectivity index (χ0v) is 20.1. The van der Waals surface area contributed by atoms with Crippen molar-refractivity contribution < 1.29 is 70.7 Å². The zero-order chi connectivity index (χ0) is 21.7. The summed E-state index contributed by atoms with van der Waals surface area (Å²) < 4.78 is 15.4. The maximum absolute atomic E-state index is 12.0. The SMILES string of the molecule is CC(C)(C)O[C-]=O.[CH2-]C1OC(=O)N2c3ccc(SCc4ccccc4)cc3OCC12.[Yb+2]. The summed E-state index contributed by atoms with van der Waals surface area (Å²) in [6.07, 6.45) is -0.730. The van der Waals surface area contributed by atoms with Crippen molar-refractivity contribution in [2.24, 2.45) is 0 Å². The van der Waals surface area contributed by atoms with E-state index in [4.69, 9.17) is 9.47 Å². The van der Waals surface area contributed by atoms with E-state index in [1.165, 1.54) is 12.0 Å². The molecule has 2 aliphatic rings. The van der Waals surface area contributed by atoms with Crippen LogP contribution in [0.3, 0.4) is 0 Å². The van der Waals surface area contributed by atoms with Crippen LogP contribution >= 0.6 is 11.8 Å². The fraction of sp³-hybridized carbons (Fsp3) is 0.348. The fourth-order valence-electron chi connectivity index (χ4n) is 2.97. The van der Waals surface area contributed by atoms with E-state index < -0.39 is 0 Å². The summed E-state index contributed by atoms with van der Waals surface area (Å²) in [5.41, 5.74) is 1.67. The number of anilines is 1. The van der Waals surface area contributed by atoms with E-state index in [1.807, 2.05) is 36.4 Å². The van der Waals surface area contributed by atoms with Gasteiger partial charge in [-0.15, -0.1) is 11.8 Å². The molecule has 0 saturated carbocycles. The number of fused-ring (bicyclic) bond motifs is 3. The minimum atomic E-state index is -0.386. The monoisotopic (exact) mass is 601 g/mol. The van der Waals surface area contributed by atoms with E-state index in [0.29, 0.717) is 6.61 Å². The molecule has 0 aliphatic carbocycles. The van der Waals surface area contributed by atoms with Crippen molar-refractivity contribution in [2.75, 3.05) is 11.5 Å². The maximum atomic E-state index is 12.0. The van der Waals surface area contributed by atoms with Gasteiger partial charge in [0.1, 0.15) is 12.4 Å². The van der Waals surface area contributed by atoms with E-state index in [9.17, 15) is 9.59 Å². The van der Waals surface area contributed by atoms with Crippen molar-refractivity contribution in [1.29, 1.82) is 0 Å². The van der Waals surface area contributed by atoms with Gasteiger partial charge in [0, 0.05) is 16.8 Å². The van der Waals surface area contributed by atoms with Crippen molar-refractivity contribution >= 4 is 30.0 Å². The molecule has 2 aromatic carbocycles. The van der Waals surface area contributed by atoms with Crippen LogP contribution in [-0.4, -0.2) is 36.9 Å². The quantitative estimate of drug-likeness (QED) is 0.373. The zero-order valence-electron chi connectivity index (χ0n) is 17.6. The number of hydrogen-bond acceptors (Lipinski definition) is 6. The molecular weight excluding hydrogens is 575 g/mol. The van der Waals surface area contributed by atoms with E-state index in [1.54, 1.807) is 37.4 Å². The van der Waals surface area contributed by atoms with Crippen molar-refractivity contribution in [3.05, 3.63) is 61.0 Å². The van der Waals surface area contributed by atoms with Crippen LogP contribution in [0.25, 0.3) is 0 Å². The summed E-state index contributed by atoms with van der Waals surface area (Å²) in [5.74, 6) is 1.62. The number of amides is 1. The number of cyclic esters (lactones) is 1. The largest absolute Gasteiger partial charge is 2.00 e. The third-order valence-electron chi connectivity index (χ3n) is 4.41. The fourth-order valence-corrected chi connectivity index (χ4v) is 3.85. The van der Waals surface area contributed by atoms with Gasteiger partial charge in [0.05, 0.1) is 17.3 Å². The predicted octanol–water partition coefficient (Wildman–Crippen LogP) is 4.77. The second kappa shape index (κ2) is 11.6. The molecular formula is C23H25NO5SYb. The van der Waals surface area contributed by atoms with Crippen LogP contribution < -0.4 is 9.64 Å². The van der Waals surface area contributed by atoms with Crippen LogP contribution in [-0.2, 0) is 20.0 Å². The smallest absolute Gasteiger partial charge is 0.649 e. The Morgan fingerprint density at radius 1 is 1.23 bits per heavy atom. The van der Waals surface area contributed by atoms with Gasteiger partial charge >= 0.3 is 53.0 Å². The van der Waals surface area contributed by atoms with E-state index >= 15 is 0 Å². The Labute approximate surface area is 226 Å². The first-order chi connectivity index (χ1) is 14.3. The molecule has 1 amide bonds. The summed E-state index contributed by atoms with van der Waals surface area (Å²) in [5, 5.41) is 0. The van der Waals surface area contributed by atoms with Gasteiger partial charge in [0.25, 0.3) is 0 Å². The molecule has 2 heterocycles. The molecule has 172 valence electrons. The van der Waals surface area contributed by atoms with Crippen LogP contribution in [0.2, 0.25) is 0 Å². The molecule has 1 fully saturated rings. The second-order valence-corrected chi connectivity index (χ2v) is 8.92. The van der Waals surface area contributed by atoms with Gasteiger partial charge < -0.3 is 25.9 Å². The van der Waals surface area contributed by atoms with Gasteiger partial charge in [0.2, 0.25) is 0 Å². The summed E-state index contributed by atoms with van der Waals surface area (Å²) in [4.78, 5) is 24.2. The standard InChI is InChI=1S/C18H16NO3S.C5H9O2.Yb/c1-12-16-10-21-17-9-14(23-11-13-5-3-2-4-6-13)7-8-15(17)19(16)18(20)22-12;1-5(2,3)7-4-6;/h2-9,12,16H,1,10-11H2;1-3H3;/q2*-1;+2. The predicted molar refractivity (Wildman–Crippen MR) is 116 cm³/mol. The molecule has 0 spiro atoms. The minimum Gasteiger partial charge on any atom is -0.649 e. The second-order valence-electron chi connectivity index (χ2n) is 7.87. The molecule has 0 aromatic heterocycles. The number of benzene rings is 2. The molecule has 8 heteroatoms. The molecule has 6 nitrogen and oxygen atoms in total. The molecule has 0 radical (unpaired) electrons. The van der Waals surface area contributed by atoms with Crippen LogP contribution in [0.15, 0.2) is 53.4 Å². The number of thioether (sulfide) groups is 1. The van der Waals surface area contributed by atoms with Gasteiger partial charge in [-0.2, -0.15) is 0 Å². The Balaban J connectivity index is 0.000000373. The average molecular weight is 601 g/mol. The Morgan fingerprint density at radius 2 is 1.94 bits per heavy atom. The molecule has 1 saturated heterocycles. The third-order valence-corrected chi connectivity index (χ3v) is 5.47. The Kier molecular flexibility index (Phi) is 9.80. The number of ether oxygens (including phenoxy) is 3.